The van der Waals surface area contributed by atoms with E-state index in [4.69, 9.17) is 5.73 Å². The molecule has 106 valence electrons. The van der Waals surface area contributed by atoms with Crippen LogP contribution in [0.1, 0.15) is 19.8 Å². The van der Waals surface area contributed by atoms with E-state index in [0.29, 0.717) is 18.9 Å². The molecule has 0 aliphatic heterocycles. The molecule has 6 heteroatoms. The Hall–Kier alpha value is -2.21. The summed E-state index contributed by atoms with van der Waals surface area (Å²) in [5, 5.41) is 10.4. The summed E-state index contributed by atoms with van der Waals surface area (Å²) in [6.45, 7) is 2.65. The largest absolute Gasteiger partial charge is 0.330 e. The van der Waals surface area contributed by atoms with Gasteiger partial charge in [0, 0.05) is 12.1 Å². The summed E-state index contributed by atoms with van der Waals surface area (Å²) in [6.07, 6.45) is 4.51. The molecule has 1 aromatic carbocycles. The monoisotopic (exact) mass is 273 g/mol. The predicted molar refractivity (Wildman–Crippen MR) is 77.4 cm³/mol. The van der Waals surface area contributed by atoms with Crippen LogP contribution in [-0.2, 0) is 4.79 Å². The fourth-order valence-corrected chi connectivity index (χ4v) is 1.80. The third kappa shape index (κ3) is 3.89. The first-order valence-electron chi connectivity index (χ1n) is 6.64. The topological polar surface area (TPSA) is 85.8 Å². The van der Waals surface area contributed by atoms with Crippen LogP contribution in [0.25, 0.3) is 5.69 Å². The van der Waals surface area contributed by atoms with Crippen molar-refractivity contribution in [3.8, 4) is 5.69 Å². The number of benzene rings is 1. The molecule has 0 fully saturated rings. The summed E-state index contributed by atoms with van der Waals surface area (Å²) >= 11 is 0. The molecular formula is C14H19N5O. The zero-order valence-corrected chi connectivity index (χ0v) is 11.5. The molecule has 1 atom stereocenters. The second kappa shape index (κ2) is 6.81. The number of rotatable bonds is 6. The van der Waals surface area contributed by atoms with E-state index in [1.165, 1.54) is 0 Å². The fourth-order valence-electron chi connectivity index (χ4n) is 1.80. The van der Waals surface area contributed by atoms with Gasteiger partial charge in [-0.3, -0.25) is 9.36 Å². The number of hydrogen-bond acceptors (Lipinski definition) is 4. The summed E-state index contributed by atoms with van der Waals surface area (Å²) in [5.41, 5.74) is 7.21. The second-order valence-corrected chi connectivity index (χ2v) is 4.85. The molecule has 0 aliphatic carbocycles. The molecule has 2 aromatic rings. The Labute approximate surface area is 118 Å². The highest BCUT2D eigenvalue weighted by molar-refractivity contribution is 5.90. The lowest BCUT2D eigenvalue weighted by atomic mass is 10.1. The van der Waals surface area contributed by atoms with Gasteiger partial charge in [0.1, 0.15) is 12.7 Å². The van der Waals surface area contributed by atoms with Crippen molar-refractivity contribution in [2.75, 3.05) is 11.9 Å². The van der Waals surface area contributed by atoms with Crippen LogP contribution in [0.15, 0.2) is 36.9 Å². The maximum absolute atomic E-state index is 11.8. The van der Waals surface area contributed by atoms with E-state index in [1.807, 2.05) is 31.2 Å². The van der Waals surface area contributed by atoms with E-state index in [2.05, 4.69) is 15.5 Å². The van der Waals surface area contributed by atoms with Crippen molar-refractivity contribution in [3.05, 3.63) is 36.9 Å². The lowest BCUT2D eigenvalue weighted by Crippen LogP contribution is -2.16. The fraction of sp³-hybridized carbons (Fsp3) is 0.357. The lowest BCUT2D eigenvalue weighted by molar-refractivity contribution is -0.116. The van der Waals surface area contributed by atoms with Gasteiger partial charge < -0.3 is 11.1 Å². The van der Waals surface area contributed by atoms with Crippen molar-refractivity contribution >= 4 is 11.6 Å². The van der Waals surface area contributed by atoms with Crippen molar-refractivity contribution in [1.82, 2.24) is 14.8 Å². The Morgan fingerprint density at radius 1 is 1.40 bits per heavy atom. The number of carbonyl (C=O) groups excluding carboxylic acids is 1. The quantitative estimate of drug-likeness (QED) is 0.836. The Morgan fingerprint density at radius 2 is 2.15 bits per heavy atom. The predicted octanol–water partition coefficient (Wildman–Crippen LogP) is 1.58. The van der Waals surface area contributed by atoms with Crippen LogP contribution < -0.4 is 11.1 Å². The molecule has 6 nitrogen and oxygen atoms in total. The second-order valence-electron chi connectivity index (χ2n) is 4.85. The molecule has 0 saturated heterocycles. The molecule has 20 heavy (non-hydrogen) atoms. The number of nitrogens with one attached hydrogen (secondary N) is 1. The number of nitrogens with zero attached hydrogens (tertiary/aromatic N) is 3. The van der Waals surface area contributed by atoms with Crippen LogP contribution in [0.3, 0.4) is 0 Å². The number of hydrogen-bond donors (Lipinski definition) is 2. The average molecular weight is 273 g/mol. The van der Waals surface area contributed by atoms with E-state index in [1.54, 1.807) is 17.2 Å². The number of amides is 1. The molecule has 0 bridgehead atoms. The zero-order valence-electron chi connectivity index (χ0n) is 11.5. The SMILES string of the molecule is CC(CN)CCC(=O)Nc1cccc(-n2cnnc2)c1. The third-order valence-electron chi connectivity index (χ3n) is 3.11. The summed E-state index contributed by atoms with van der Waals surface area (Å²) in [4.78, 5) is 11.8. The molecular weight excluding hydrogens is 254 g/mol. The lowest BCUT2D eigenvalue weighted by Gasteiger charge is -2.10. The van der Waals surface area contributed by atoms with Gasteiger partial charge in [0.25, 0.3) is 0 Å². The first-order valence-corrected chi connectivity index (χ1v) is 6.64. The molecule has 1 aromatic heterocycles. The summed E-state index contributed by atoms with van der Waals surface area (Å²) < 4.78 is 1.78. The van der Waals surface area contributed by atoms with Crippen molar-refractivity contribution in [2.24, 2.45) is 11.7 Å². The van der Waals surface area contributed by atoms with Gasteiger partial charge in [-0.2, -0.15) is 0 Å². The zero-order chi connectivity index (χ0) is 14.4. The summed E-state index contributed by atoms with van der Waals surface area (Å²) in [7, 11) is 0. The number of aromatic nitrogens is 3. The van der Waals surface area contributed by atoms with Gasteiger partial charge in [-0.25, -0.2) is 0 Å². The van der Waals surface area contributed by atoms with Gasteiger partial charge in [0.2, 0.25) is 5.91 Å². The summed E-state index contributed by atoms with van der Waals surface area (Å²) in [6, 6.07) is 7.55. The van der Waals surface area contributed by atoms with Gasteiger partial charge in [-0.15, -0.1) is 10.2 Å². The Balaban J connectivity index is 1.96. The molecule has 3 N–H and O–H groups in total. The van der Waals surface area contributed by atoms with Crippen LogP contribution >= 0.6 is 0 Å². The number of anilines is 1. The first-order chi connectivity index (χ1) is 9.69. The van der Waals surface area contributed by atoms with Crippen molar-refractivity contribution < 1.29 is 4.79 Å². The highest BCUT2D eigenvalue weighted by atomic mass is 16.1. The molecule has 0 radical (unpaired) electrons. The van der Waals surface area contributed by atoms with Crippen molar-refractivity contribution in [2.45, 2.75) is 19.8 Å². The van der Waals surface area contributed by atoms with E-state index in [-0.39, 0.29) is 5.91 Å². The standard InChI is InChI=1S/C14H19N5O/c1-11(8-15)5-6-14(20)18-12-3-2-4-13(7-12)19-9-16-17-10-19/h2-4,7,9-11H,5-6,8,15H2,1H3,(H,18,20). The highest BCUT2D eigenvalue weighted by Crippen LogP contribution is 2.15. The smallest absolute Gasteiger partial charge is 0.224 e. The third-order valence-corrected chi connectivity index (χ3v) is 3.11. The highest BCUT2D eigenvalue weighted by Gasteiger charge is 2.06. The minimum atomic E-state index is 0.00575. The normalized spacial score (nSPS) is 12.1. The molecule has 0 saturated carbocycles. The minimum absolute atomic E-state index is 0.00575. The van der Waals surface area contributed by atoms with E-state index >= 15 is 0 Å². The van der Waals surface area contributed by atoms with E-state index < -0.39 is 0 Å². The molecule has 1 amide bonds. The Kier molecular flexibility index (Phi) is 4.84. The maximum Gasteiger partial charge on any atom is 0.224 e. The van der Waals surface area contributed by atoms with Crippen LogP contribution in [-0.4, -0.2) is 27.2 Å². The van der Waals surface area contributed by atoms with Gasteiger partial charge in [-0.05, 0) is 37.1 Å². The maximum atomic E-state index is 11.8. The molecule has 2 rings (SSSR count). The minimum Gasteiger partial charge on any atom is -0.330 e. The van der Waals surface area contributed by atoms with Gasteiger partial charge in [0.05, 0.1) is 5.69 Å². The van der Waals surface area contributed by atoms with Crippen LogP contribution in [0.5, 0.6) is 0 Å². The first kappa shape index (κ1) is 14.2. The van der Waals surface area contributed by atoms with E-state index in [0.717, 1.165) is 17.8 Å². The van der Waals surface area contributed by atoms with Crippen molar-refractivity contribution in [3.63, 3.8) is 0 Å². The van der Waals surface area contributed by atoms with Gasteiger partial charge in [0.15, 0.2) is 0 Å². The van der Waals surface area contributed by atoms with Gasteiger partial charge in [-0.1, -0.05) is 13.0 Å². The van der Waals surface area contributed by atoms with E-state index in [9.17, 15) is 4.79 Å². The number of nitrogens with two attached hydrogens (primary N) is 1. The van der Waals surface area contributed by atoms with Gasteiger partial charge >= 0.3 is 0 Å². The number of carbonyl (C=O) groups is 1. The van der Waals surface area contributed by atoms with Crippen LogP contribution in [0.2, 0.25) is 0 Å². The Morgan fingerprint density at radius 3 is 2.85 bits per heavy atom. The summed E-state index contributed by atoms with van der Waals surface area (Å²) in [5.74, 6) is 0.371. The van der Waals surface area contributed by atoms with Crippen LogP contribution in [0, 0.1) is 5.92 Å². The Bertz CT molecular complexity index is 552. The van der Waals surface area contributed by atoms with Crippen molar-refractivity contribution in [1.29, 1.82) is 0 Å². The molecule has 0 spiro atoms. The van der Waals surface area contributed by atoms with Crippen LogP contribution in [0.4, 0.5) is 5.69 Å². The molecule has 1 unspecified atom stereocenters. The molecule has 1 heterocycles. The average Bonchev–Trinajstić information content (AvgIpc) is 2.99. The molecule has 0 aliphatic rings.